The number of hydrogen-bond acceptors (Lipinski definition) is 6. The molecular formula is C18H23N3O2S. The van der Waals surface area contributed by atoms with Gasteiger partial charge in [-0.1, -0.05) is 0 Å². The van der Waals surface area contributed by atoms with Crippen LogP contribution in [-0.4, -0.2) is 47.3 Å². The van der Waals surface area contributed by atoms with Gasteiger partial charge in [0.15, 0.2) is 0 Å². The lowest BCUT2D eigenvalue weighted by Crippen LogP contribution is -2.57. The molecule has 4 rings (SSSR count). The monoisotopic (exact) mass is 345 g/mol. The Morgan fingerprint density at radius 3 is 3.25 bits per heavy atom. The van der Waals surface area contributed by atoms with Crippen molar-refractivity contribution in [2.24, 2.45) is 5.41 Å². The minimum Gasteiger partial charge on any atom is -0.491 e. The Hall–Kier alpha value is -1.50. The summed E-state index contributed by atoms with van der Waals surface area (Å²) in [6.45, 7) is 4.58. The lowest BCUT2D eigenvalue weighted by atomic mass is 9.73. The van der Waals surface area contributed by atoms with Crippen molar-refractivity contribution in [3.63, 3.8) is 0 Å². The highest BCUT2D eigenvalue weighted by Gasteiger charge is 2.46. The van der Waals surface area contributed by atoms with Gasteiger partial charge in [-0.25, -0.2) is 4.98 Å². The van der Waals surface area contributed by atoms with Gasteiger partial charge in [-0.2, -0.15) is 0 Å². The summed E-state index contributed by atoms with van der Waals surface area (Å²) in [5.41, 5.74) is 0.0730. The Balaban J connectivity index is 1.47. The molecule has 0 bridgehead atoms. The third-order valence-corrected chi connectivity index (χ3v) is 5.83. The molecule has 4 heterocycles. The summed E-state index contributed by atoms with van der Waals surface area (Å²) in [5, 5.41) is 3.24. The van der Waals surface area contributed by atoms with Crippen molar-refractivity contribution in [2.75, 3.05) is 26.3 Å². The van der Waals surface area contributed by atoms with Gasteiger partial charge >= 0.3 is 0 Å². The summed E-state index contributed by atoms with van der Waals surface area (Å²) in [4.78, 5) is 11.1. The van der Waals surface area contributed by atoms with Crippen LogP contribution in [-0.2, 0) is 11.3 Å². The number of ether oxygens (including phenoxy) is 2. The molecule has 24 heavy (non-hydrogen) atoms. The van der Waals surface area contributed by atoms with Crippen LogP contribution in [0.1, 0.15) is 24.3 Å². The summed E-state index contributed by atoms with van der Waals surface area (Å²) < 4.78 is 12.2. The quantitative estimate of drug-likeness (QED) is 0.834. The second-order valence-corrected chi connectivity index (χ2v) is 7.71. The number of nitrogens with zero attached hydrogens (tertiary/aromatic N) is 3. The molecule has 0 spiro atoms. The van der Waals surface area contributed by atoms with E-state index >= 15 is 0 Å². The fourth-order valence-electron chi connectivity index (χ4n) is 3.91. The average molecular weight is 345 g/mol. The molecule has 6 heteroatoms. The highest BCUT2D eigenvalue weighted by molar-refractivity contribution is 7.09. The Morgan fingerprint density at radius 1 is 1.42 bits per heavy atom. The lowest BCUT2D eigenvalue weighted by Gasteiger charge is -2.50. The van der Waals surface area contributed by atoms with Crippen LogP contribution in [0.4, 0.5) is 0 Å². The highest BCUT2D eigenvalue weighted by atomic mass is 32.1. The van der Waals surface area contributed by atoms with E-state index in [9.17, 15) is 0 Å². The summed E-state index contributed by atoms with van der Waals surface area (Å²) >= 11 is 1.73. The van der Waals surface area contributed by atoms with E-state index in [0.29, 0.717) is 12.7 Å². The van der Waals surface area contributed by atoms with Crippen LogP contribution in [0, 0.1) is 5.41 Å². The molecule has 0 N–H and O–H groups in total. The molecular weight excluding hydrogens is 322 g/mol. The zero-order valence-corrected chi connectivity index (χ0v) is 14.6. The fraction of sp³-hybridized carbons (Fsp3) is 0.556. The van der Waals surface area contributed by atoms with E-state index in [2.05, 4.69) is 14.9 Å². The molecule has 0 unspecified atom stereocenters. The van der Waals surface area contributed by atoms with Gasteiger partial charge in [-0.05, 0) is 31.4 Å². The summed E-state index contributed by atoms with van der Waals surface area (Å²) in [7, 11) is 0. The number of likely N-dealkylation sites (tertiary alicyclic amines) is 1. The van der Waals surface area contributed by atoms with Crippen LogP contribution >= 0.6 is 11.3 Å². The summed E-state index contributed by atoms with van der Waals surface area (Å²) in [5.74, 6) is 0.841. The van der Waals surface area contributed by atoms with Crippen LogP contribution in [0.3, 0.4) is 0 Å². The molecule has 0 aromatic carbocycles. The average Bonchev–Trinajstić information content (AvgIpc) is 3.14. The number of thiazole rings is 1. The fourth-order valence-corrected chi connectivity index (χ4v) is 4.57. The van der Waals surface area contributed by atoms with Crippen LogP contribution in [0.15, 0.2) is 36.1 Å². The molecule has 2 aliphatic heterocycles. The molecule has 2 aromatic rings. The molecule has 0 radical (unpaired) electrons. The lowest BCUT2D eigenvalue weighted by molar-refractivity contribution is -0.140. The second-order valence-electron chi connectivity index (χ2n) is 6.73. The molecule has 0 saturated carbocycles. The first-order valence-electron chi connectivity index (χ1n) is 8.59. The van der Waals surface area contributed by atoms with Crippen molar-refractivity contribution in [2.45, 2.75) is 31.9 Å². The van der Waals surface area contributed by atoms with Crippen LogP contribution in [0.5, 0.6) is 5.75 Å². The standard InChI is InChI=1S/C18H23N3O2S/c1-3-15(11-19-6-1)23-14-18-5-2-9-22-16(18)4-8-21(13-18)12-17-20-7-10-24-17/h1,3,6-7,10-11,16H,2,4-5,8-9,12-14H2/t16-,18+/m0/s1. The second kappa shape index (κ2) is 7.17. The Labute approximate surface area is 146 Å². The van der Waals surface area contributed by atoms with Gasteiger partial charge in [0.1, 0.15) is 10.8 Å². The number of hydrogen-bond donors (Lipinski definition) is 0. The first kappa shape index (κ1) is 16.0. The molecule has 5 nitrogen and oxygen atoms in total. The maximum absolute atomic E-state index is 6.12. The van der Waals surface area contributed by atoms with E-state index in [1.807, 2.05) is 23.7 Å². The smallest absolute Gasteiger partial charge is 0.137 e. The maximum Gasteiger partial charge on any atom is 0.137 e. The molecule has 2 aliphatic rings. The highest BCUT2D eigenvalue weighted by Crippen LogP contribution is 2.41. The Bertz CT molecular complexity index is 637. The maximum atomic E-state index is 6.12. The van der Waals surface area contributed by atoms with Crippen LogP contribution in [0.25, 0.3) is 0 Å². The first-order valence-corrected chi connectivity index (χ1v) is 9.47. The molecule has 2 fully saturated rings. The number of piperidine rings is 1. The predicted octanol–water partition coefficient (Wildman–Crippen LogP) is 2.99. The van der Waals surface area contributed by atoms with Gasteiger partial charge in [0.2, 0.25) is 0 Å². The number of aromatic nitrogens is 2. The van der Waals surface area contributed by atoms with Crippen LogP contribution in [0.2, 0.25) is 0 Å². The third-order valence-electron chi connectivity index (χ3n) is 5.07. The van der Waals surface area contributed by atoms with E-state index in [1.54, 1.807) is 23.7 Å². The largest absolute Gasteiger partial charge is 0.491 e. The minimum absolute atomic E-state index is 0.0730. The topological polar surface area (TPSA) is 47.5 Å². The Kier molecular flexibility index (Phi) is 4.78. The summed E-state index contributed by atoms with van der Waals surface area (Å²) in [6.07, 6.45) is 9.08. The van der Waals surface area contributed by atoms with E-state index in [1.165, 1.54) is 5.01 Å². The van der Waals surface area contributed by atoms with E-state index < -0.39 is 0 Å². The van der Waals surface area contributed by atoms with Gasteiger partial charge in [0.05, 0.1) is 25.5 Å². The molecule has 0 amide bonds. The van der Waals surface area contributed by atoms with Crippen molar-refractivity contribution in [3.8, 4) is 5.75 Å². The first-order chi connectivity index (χ1) is 11.8. The normalized spacial score (nSPS) is 27.6. The molecule has 2 saturated heterocycles. The predicted molar refractivity (Wildman–Crippen MR) is 93.1 cm³/mol. The SMILES string of the molecule is c1cncc(OC[C@]23CCCO[C@H]2CCN(Cc2nccs2)C3)c1. The number of pyridine rings is 1. The summed E-state index contributed by atoms with van der Waals surface area (Å²) in [6, 6.07) is 3.88. The van der Waals surface area contributed by atoms with E-state index in [0.717, 1.165) is 51.3 Å². The van der Waals surface area contributed by atoms with Gasteiger partial charge < -0.3 is 9.47 Å². The third kappa shape index (κ3) is 3.45. The van der Waals surface area contributed by atoms with Gasteiger partial charge in [0.25, 0.3) is 0 Å². The van der Waals surface area contributed by atoms with E-state index in [-0.39, 0.29) is 5.41 Å². The molecule has 2 aromatic heterocycles. The van der Waals surface area contributed by atoms with Gasteiger partial charge in [-0.3, -0.25) is 9.88 Å². The molecule has 0 aliphatic carbocycles. The van der Waals surface area contributed by atoms with Gasteiger partial charge in [0, 0.05) is 42.9 Å². The Morgan fingerprint density at radius 2 is 2.42 bits per heavy atom. The number of rotatable bonds is 5. The van der Waals surface area contributed by atoms with Crippen LogP contribution < -0.4 is 4.74 Å². The van der Waals surface area contributed by atoms with Crippen molar-refractivity contribution in [1.29, 1.82) is 0 Å². The van der Waals surface area contributed by atoms with Crippen molar-refractivity contribution >= 4 is 11.3 Å². The van der Waals surface area contributed by atoms with E-state index in [4.69, 9.17) is 9.47 Å². The zero-order valence-electron chi connectivity index (χ0n) is 13.8. The van der Waals surface area contributed by atoms with Gasteiger partial charge in [-0.15, -0.1) is 11.3 Å². The van der Waals surface area contributed by atoms with Crippen molar-refractivity contribution in [3.05, 3.63) is 41.1 Å². The molecule has 128 valence electrons. The minimum atomic E-state index is 0.0730. The van der Waals surface area contributed by atoms with Crippen molar-refractivity contribution in [1.82, 2.24) is 14.9 Å². The number of fused-ring (bicyclic) bond motifs is 1. The van der Waals surface area contributed by atoms with Crippen molar-refractivity contribution < 1.29 is 9.47 Å². The zero-order chi connectivity index (χ0) is 16.2. The molecule has 2 atom stereocenters.